The van der Waals surface area contributed by atoms with Crippen molar-refractivity contribution >= 4 is 12.0 Å². The summed E-state index contributed by atoms with van der Waals surface area (Å²) in [6.07, 6.45) is -0.368. The maximum absolute atomic E-state index is 11.7. The molecule has 6 heteroatoms. The van der Waals surface area contributed by atoms with Gasteiger partial charge in [-0.2, -0.15) is 0 Å². The van der Waals surface area contributed by atoms with Crippen molar-refractivity contribution in [3.8, 4) is 0 Å². The van der Waals surface area contributed by atoms with Gasteiger partial charge in [0.1, 0.15) is 5.57 Å². The van der Waals surface area contributed by atoms with Crippen molar-refractivity contribution in [2.45, 2.75) is 20.0 Å². The molecule has 2 amide bonds. The minimum Gasteiger partial charge on any atom is -0.462 e. The molecule has 6 nitrogen and oxygen atoms in total. The Morgan fingerprint density at radius 2 is 2.12 bits per heavy atom. The van der Waals surface area contributed by atoms with Gasteiger partial charge in [-0.25, -0.2) is 9.59 Å². The molecule has 0 fully saturated rings. The van der Waals surface area contributed by atoms with Gasteiger partial charge in [0.2, 0.25) is 0 Å². The molecule has 0 aromatic rings. The Hall–Kier alpha value is -1.56. The van der Waals surface area contributed by atoms with Crippen LogP contribution in [-0.4, -0.2) is 38.9 Å². The molecule has 90 valence electrons. The van der Waals surface area contributed by atoms with Gasteiger partial charge in [0.25, 0.3) is 0 Å². The van der Waals surface area contributed by atoms with Crippen LogP contribution in [0.4, 0.5) is 4.79 Å². The summed E-state index contributed by atoms with van der Waals surface area (Å²) in [7, 11) is 3.73. The van der Waals surface area contributed by atoms with Crippen LogP contribution >= 0.6 is 0 Å². The first-order valence-corrected chi connectivity index (χ1v) is 5.22. The van der Waals surface area contributed by atoms with E-state index in [1.165, 1.54) is 0 Å². The predicted octanol–water partition coefficient (Wildman–Crippen LogP) is -1.39. The molecule has 1 heterocycles. The number of rotatable bonds is 3. The van der Waals surface area contributed by atoms with Crippen LogP contribution in [0.5, 0.6) is 0 Å². The summed E-state index contributed by atoms with van der Waals surface area (Å²) >= 11 is 0. The molecular formula is C10H18N3O3+. The number of amides is 2. The van der Waals surface area contributed by atoms with E-state index in [9.17, 15) is 9.59 Å². The molecule has 3 N–H and O–H groups in total. The number of carbonyl (C=O) groups is 2. The minimum atomic E-state index is -0.390. The average Bonchev–Trinajstić information content (AvgIpc) is 2.16. The molecule has 0 saturated heterocycles. The highest BCUT2D eigenvalue weighted by Gasteiger charge is 2.35. The summed E-state index contributed by atoms with van der Waals surface area (Å²) in [5, 5.41) is 5.26. The first kappa shape index (κ1) is 12.5. The highest BCUT2D eigenvalue weighted by atomic mass is 16.5. The molecule has 0 bridgehead atoms. The second kappa shape index (κ2) is 4.98. The van der Waals surface area contributed by atoms with Crippen LogP contribution in [0, 0.1) is 0 Å². The number of hydrogen-bond donors (Lipinski definition) is 3. The van der Waals surface area contributed by atoms with E-state index in [-0.39, 0.29) is 12.2 Å². The molecule has 0 aromatic heterocycles. The molecule has 1 rings (SSSR count). The Labute approximate surface area is 94.6 Å². The van der Waals surface area contributed by atoms with Gasteiger partial charge in [-0.3, -0.25) is 5.32 Å². The molecule has 0 aromatic carbocycles. The SMILES string of the molecule is CCOC(=O)C1=C(C)NC(=O)N[C@@H]1[NH+](C)C. The Bertz CT molecular complexity index is 336. The second-order valence-corrected chi connectivity index (χ2v) is 3.87. The second-order valence-electron chi connectivity index (χ2n) is 3.87. The summed E-state index contributed by atoms with van der Waals surface area (Å²) in [5.41, 5.74) is 1.02. The van der Waals surface area contributed by atoms with E-state index < -0.39 is 5.97 Å². The van der Waals surface area contributed by atoms with Crippen LogP contribution in [0.15, 0.2) is 11.3 Å². The Morgan fingerprint density at radius 1 is 1.50 bits per heavy atom. The van der Waals surface area contributed by atoms with E-state index >= 15 is 0 Å². The number of ether oxygens (including phenoxy) is 1. The first-order valence-electron chi connectivity index (χ1n) is 5.22. The van der Waals surface area contributed by atoms with Gasteiger partial charge in [-0.1, -0.05) is 0 Å². The molecule has 0 spiro atoms. The van der Waals surface area contributed by atoms with Crippen LogP contribution in [0.3, 0.4) is 0 Å². The maximum Gasteiger partial charge on any atom is 0.343 e. The quantitative estimate of drug-likeness (QED) is 0.521. The monoisotopic (exact) mass is 228 g/mol. The fraction of sp³-hybridized carbons (Fsp3) is 0.600. The fourth-order valence-electron chi connectivity index (χ4n) is 1.61. The largest absolute Gasteiger partial charge is 0.462 e. The van der Waals surface area contributed by atoms with Crippen molar-refractivity contribution in [3.63, 3.8) is 0 Å². The van der Waals surface area contributed by atoms with Crippen LogP contribution in [-0.2, 0) is 9.53 Å². The lowest BCUT2D eigenvalue weighted by atomic mass is 10.1. The van der Waals surface area contributed by atoms with Crippen LogP contribution in [0.25, 0.3) is 0 Å². The molecule has 0 aliphatic carbocycles. The summed E-state index contributed by atoms with van der Waals surface area (Å²) in [6, 6.07) is -0.295. The van der Waals surface area contributed by atoms with E-state index in [0.717, 1.165) is 4.90 Å². The van der Waals surface area contributed by atoms with Gasteiger partial charge in [0, 0.05) is 5.70 Å². The van der Waals surface area contributed by atoms with Crippen molar-refractivity contribution in [2.75, 3.05) is 20.7 Å². The molecule has 0 radical (unpaired) electrons. The van der Waals surface area contributed by atoms with E-state index in [1.807, 2.05) is 14.1 Å². The van der Waals surface area contributed by atoms with Crippen molar-refractivity contribution in [1.29, 1.82) is 0 Å². The average molecular weight is 228 g/mol. The zero-order valence-electron chi connectivity index (χ0n) is 10.0. The number of quaternary nitrogens is 1. The molecule has 0 saturated carbocycles. The van der Waals surface area contributed by atoms with Crippen molar-refractivity contribution < 1.29 is 19.2 Å². The van der Waals surface area contributed by atoms with Gasteiger partial charge in [-0.05, 0) is 13.8 Å². The topological polar surface area (TPSA) is 71.9 Å². The maximum atomic E-state index is 11.7. The van der Waals surface area contributed by atoms with Gasteiger partial charge < -0.3 is 15.0 Å². The Balaban J connectivity index is 3.02. The van der Waals surface area contributed by atoms with Gasteiger partial charge in [0.05, 0.1) is 20.7 Å². The predicted molar refractivity (Wildman–Crippen MR) is 57.6 cm³/mol. The van der Waals surface area contributed by atoms with Gasteiger partial charge >= 0.3 is 12.0 Å². The number of nitrogens with one attached hydrogen (secondary N) is 3. The standard InChI is InChI=1S/C10H17N3O3/c1-5-16-9(14)7-6(2)11-10(15)12-8(7)13(3)4/h8H,5H2,1-4H3,(H2,11,12,15)/p+1/t8-/m1/s1. The molecule has 1 aliphatic rings. The lowest BCUT2D eigenvalue weighted by Crippen LogP contribution is -3.13. The van der Waals surface area contributed by atoms with E-state index in [0.29, 0.717) is 17.9 Å². The van der Waals surface area contributed by atoms with Crippen LogP contribution < -0.4 is 15.5 Å². The lowest BCUT2D eigenvalue weighted by molar-refractivity contribution is -0.881. The van der Waals surface area contributed by atoms with Crippen LogP contribution in [0.1, 0.15) is 13.8 Å². The number of hydrogen-bond acceptors (Lipinski definition) is 3. The zero-order chi connectivity index (χ0) is 12.3. The van der Waals surface area contributed by atoms with E-state index in [4.69, 9.17) is 4.74 Å². The summed E-state index contributed by atoms with van der Waals surface area (Å²) in [4.78, 5) is 24.0. The smallest absolute Gasteiger partial charge is 0.343 e. The van der Waals surface area contributed by atoms with Crippen molar-refractivity contribution in [2.24, 2.45) is 0 Å². The molecular weight excluding hydrogens is 210 g/mol. The number of esters is 1. The first-order chi connectivity index (χ1) is 7.47. The number of allylic oxidation sites excluding steroid dienone is 1. The third kappa shape index (κ3) is 2.52. The van der Waals surface area contributed by atoms with Gasteiger partial charge in [0.15, 0.2) is 6.17 Å². The molecule has 1 aliphatic heterocycles. The lowest BCUT2D eigenvalue weighted by Gasteiger charge is -2.29. The molecule has 1 atom stereocenters. The van der Waals surface area contributed by atoms with Crippen LogP contribution in [0.2, 0.25) is 0 Å². The Kier molecular flexibility index (Phi) is 3.89. The van der Waals surface area contributed by atoms with E-state index in [1.54, 1.807) is 13.8 Å². The third-order valence-electron chi connectivity index (χ3n) is 2.34. The summed E-state index contributed by atoms with van der Waals surface area (Å²) in [6.45, 7) is 3.76. The number of carbonyl (C=O) groups excluding carboxylic acids is 2. The van der Waals surface area contributed by atoms with Crippen molar-refractivity contribution in [1.82, 2.24) is 10.6 Å². The van der Waals surface area contributed by atoms with Crippen molar-refractivity contribution in [3.05, 3.63) is 11.3 Å². The third-order valence-corrected chi connectivity index (χ3v) is 2.34. The van der Waals surface area contributed by atoms with E-state index in [2.05, 4.69) is 10.6 Å². The van der Waals surface area contributed by atoms with Gasteiger partial charge in [-0.15, -0.1) is 0 Å². The Morgan fingerprint density at radius 3 is 2.62 bits per heavy atom. The highest BCUT2D eigenvalue weighted by molar-refractivity contribution is 5.94. The normalized spacial score (nSPS) is 20.6. The highest BCUT2D eigenvalue weighted by Crippen LogP contribution is 2.10. The number of urea groups is 1. The summed E-state index contributed by atoms with van der Waals surface area (Å²) in [5.74, 6) is -0.390. The molecule has 0 unspecified atom stereocenters. The minimum absolute atomic E-state index is 0.295. The fourth-order valence-corrected chi connectivity index (χ4v) is 1.61. The number of likely N-dealkylation sites (N-methyl/N-ethyl adjacent to an activating group) is 1. The summed E-state index contributed by atoms with van der Waals surface area (Å²) < 4.78 is 4.97. The molecule has 16 heavy (non-hydrogen) atoms. The zero-order valence-corrected chi connectivity index (χ0v) is 10.0.